The third kappa shape index (κ3) is 2.49. The van der Waals surface area contributed by atoms with Crippen LogP contribution in [0.1, 0.15) is 5.82 Å². The number of hydrogen-bond donors (Lipinski definition) is 0. The summed E-state index contributed by atoms with van der Waals surface area (Å²) in [5.74, 6) is 0.140. The molecule has 0 aliphatic rings. The van der Waals surface area contributed by atoms with E-state index in [4.69, 9.17) is 46.4 Å². The summed E-state index contributed by atoms with van der Waals surface area (Å²) in [6, 6.07) is 7.69. The van der Waals surface area contributed by atoms with E-state index in [1.807, 2.05) is 0 Å². The van der Waals surface area contributed by atoms with Crippen molar-refractivity contribution in [1.29, 1.82) is 0 Å². The second kappa shape index (κ2) is 5.65. The quantitative estimate of drug-likeness (QED) is 0.521. The first kappa shape index (κ1) is 14.9. The Labute approximate surface area is 140 Å². The van der Waals surface area contributed by atoms with Gasteiger partial charge in [0.1, 0.15) is 11.6 Å². The molecule has 108 valence electrons. The van der Waals surface area contributed by atoms with Gasteiger partial charge in [0.15, 0.2) is 0 Å². The standard InChI is InChI=1S/C14H7Cl4FN2/c15-6-12-20-11-3-1-2-8(16)14(11)21(12)13-9(17)4-7(19)5-10(13)18/h1-5H,6H2. The van der Waals surface area contributed by atoms with Crippen molar-refractivity contribution in [3.8, 4) is 5.69 Å². The fourth-order valence-electron chi connectivity index (χ4n) is 2.21. The molecule has 1 aromatic heterocycles. The van der Waals surface area contributed by atoms with Crippen LogP contribution >= 0.6 is 46.4 Å². The molecule has 2 nitrogen and oxygen atoms in total. The van der Waals surface area contributed by atoms with E-state index >= 15 is 0 Å². The van der Waals surface area contributed by atoms with Gasteiger partial charge < -0.3 is 0 Å². The minimum absolute atomic E-state index is 0.134. The van der Waals surface area contributed by atoms with Crippen molar-refractivity contribution in [2.75, 3.05) is 0 Å². The molecular formula is C14H7Cl4FN2. The Hall–Kier alpha value is -1.000. The van der Waals surface area contributed by atoms with Crippen molar-refractivity contribution in [2.45, 2.75) is 5.88 Å². The zero-order chi connectivity index (χ0) is 15.1. The lowest BCUT2D eigenvalue weighted by atomic mass is 10.2. The molecule has 0 N–H and O–H groups in total. The van der Waals surface area contributed by atoms with Crippen molar-refractivity contribution in [3.05, 3.63) is 57.0 Å². The van der Waals surface area contributed by atoms with Crippen LogP contribution in [0.3, 0.4) is 0 Å². The number of halogens is 5. The fourth-order valence-corrected chi connectivity index (χ4v) is 3.28. The summed E-state index contributed by atoms with van der Waals surface area (Å²) in [7, 11) is 0. The number of aromatic nitrogens is 2. The Bertz CT molecular complexity index is 821. The van der Waals surface area contributed by atoms with Crippen LogP contribution in [0.25, 0.3) is 16.7 Å². The predicted molar refractivity (Wildman–Crippen MR) is 85.6 cm³/mol. The maximum atomic E-state index is 13.4. The molecule has 0 unspecified atom stereocenters. The van der Waals surface area contributed by atoms with E-state index in [1.165, 1.54) is 12.1 Å². The number of imidazole rings is 1. The maximum absolute atomic E-state index is 13.4. The number of nitrogens with zero attached hydrogens (tertiary/aromatic N) is 2. The molecule has 7 heteroatoms. The van der Waals surface area contributed by atoms with Crippen LogP contribution in [-0.4, -0.2) is 9.55 Å². The Morgan fingerprint density at radius 3 is 2.33 bits per heavy atom. The largest absolute Gasteiger partial charge is 0.291 e. The summed E-state index contributed by atoms with van der Waals surface area (Å²) >= 11 is 24.5. The summed E-state index contributed by atoms with van der Waals surface area (Å²) in [6.07, 6.45) is 0. The Kier molecular flexibility index (Phi) is 4.02. The van der Waals surface area contributed by atoms with Gasteiger partial charge in [-0.25, -0.2) is 9.37 Å². The topological polar surface area (TPSA) is 17.8 Å². The third-order valence-electron chi connectivity index (χ3n) is 3.02. The van der Waals surface area contributed by atoms with Crippen molar-refractivity contribution >= 4 is 57.4 Å². The van der Waals surface area contributed by atoms with E-state index in [1.54, 1.807) is 22.8 Å². The van der Waals surface area contributed by atoms with Crippen molar-refractivity contribution < 1.29 is 4.39 Å². The molecule has 0 bridgehead atoms. The number of alkyl halides is 1. The minimum Gasteiger partial charge on any atom is -0.291 e. The molecule has 0 saturated heterocycles. The van der Waals surface area contributed by atoms with Crippen LogP contribution in [-0.2, 0) is 5.88 Å². The van der Waals surface area contributed by atoms with Crippen LogP contribution in [0.15, 0.2) is 30.3 Å². The number of fused-ring (bicyclic) bond motifs is 1. The first-order valence-corrected chi connectivity index (χ1v) is 7.56. The van der Waals surface area contributed by atoms with Crippen LogP contribution in [0.2, 0.25) is 15.1 Å². The van der Waals surface area contributed by atoms with Gasteiger partial charge in [-0.15, -0.1) is 11.6 Å². The molecule has 0 radical (unpaired) electrons. The Morgan fingerprint density at radius 1 is 1.05 bits per heavy atom. The van der Waals surface area contributed by atoms with Gasteiger partial charge in [0.05, 0.1) is 37.7 Å². The van der Waals surface area contributed by atoms with Gasteiger partial charge in [0.25, 0.3) is 0 Å². The zero-order valence-corrected chi connectivity index (χ0v) is 13.4. The SMILES string of the molecule is Fc1cc(Cl)c(-n2c(CCl)nc3cccc(Cl)c32)c(Cl)c1. The van der Waals surface area contributed by atoms with E-state index in [2.05, 4.69) is 4.98 Å². The smallest absolute Gasteiger partial charge is 0.129 e. The average Bonchev–Trinajstić information content (AvgIpc) is 2.78. The number of benzene rings is 2. The van der Waals surface area contributed by atoms with Gasteiger partial charge in [-0.2, -0.15) is 0 Å². The maximum Gasteiger partial charge on any atom is 0.129 e. The summed E-state index contributed by atoms with van der Waals surface area (Å²) in [4.78, 5) is 4.41. The minimum atomic E-state index is -0.517. The number of hydrogen-bond acceptors (Lipinski definition) is 1. The molecular weight excluding hydrogens is 357 g/mol. The monoisotopic (exact) mass is 362 g/mol. The molecule has 0 spiro atoms. The summed E-state index contributed by atoms with van der Waals surface area (Å²) in [5, 5.41) is 0.795. The van der Waals surface area contributed by atoms with Crippen molar-refractivity contribution in [3.63, 3.8) is 0 Å². The lowest BCUT2D eigenvalue weighted by Crippen LogP contribution is -2.02. The normalized spacial score (nSPS) is 11.3. The van der Waals surface area contributed by atoms with Gasteiger partial charge in [-0.3, -0.25) is 4.57 Å². The molecule has 1 heterocycles. The highest BCUT2D eigenvalue weighted by Gasteiger charge is 2.19. The van der Waals surface area contributed by atoms with Gasteiger partial charge in [0, 0.05) is 0 Å². The molecule has 0 fully saturated rings. The first-order chi connectivity index (χ1) is 10.0. The second-order valence-corrected chi connectivity index (χ2v) is 5.81. The molecule has 3 aromatic rings. The van der Waals surface area contributed by atoms with E-state index < -0.39 is 5.82 Å². The lowest BCUT2D eigenvalue weighted by Gasteiger charge is -2.12. The van der Waals surface area contributed by atoms with Crippen LogP contribution in [0.4, 0.5) is 4.39 Å². The first-order valence-electron chi connectivity index (χ1n) is 5.89. The van der Waals surface area contributed by atoms with E-state index in [0.29, 0.717) is 27.6 Å². The summed E-state index contributed by atoms with van der Waals surface area (Å²) < 4.78 is 15.0. The molecule has 2 aromatic carbocycles. The predicted octanol–water partition coefficient (Wildman–Crippen LogP) is 5.86. The summed E-state index contributed by atoms with van der Waals surface area (Å²) in [5.41, 5.74) is 1.70. The molecule has 0 aliphatic heterocycles. The van der Waals surface area contributed by atoms with Gasteiger partial charge in [0.2, 0.25) is 0 Å². The van der Waals surface area contributed by atoms with Crippen LogP contribution in [0.5, 0.6) is 0 Å². The Morgan fingerprint density at radius 2 is 1.71 bits per heavy atom. The van der Waals surface area contributed by atoms with Crippen molar-refractivity contribution in [2.24, 2.45) is 0 Å². The summed E-state index contributed by atoms with van der Waals surface area (Å²) in [6.45, 7) is 0. The molecule has 0 aliphatic carbocycles. The van der Waals surface area contributed by atoms with E-state index in [0.717, 1.165) is 0 Å². The van der Waals surface area contributed by atoms with Crippen LogP contribution in [0, 0.1) is 5.82 Å². The molecule has 0 atom stereocenters. The van der Waals surface area contributed by atoms with Crippen LogP contribution < -0.4 is 0 Å². The van der Waals surface area contributed by atoms with E-state index in [9.17, 15) is 4.39 Å². The number of rotatable bonds is 2. The highest BCUT2D eigenvalue weighted by Crippen LogP contribution is 2.36. The van der Waals surface area contributed by atoms with Crippen molar-refractivity contribution in [1.82, 2.24) is 9.55 Å². The van der Waals surface area contributed by atoms with E-state index in [-0.39, 0.29) is 15.9 Å². The zero-order valence-electron chi connectivity index (χ0n) is 10.4. The third-order valence-corrected chi connectivity index (χ3v) is 4.14. The molecule has 21 heavy (non-hydrogen) atoms. The van der Waals surface area contributed by atoms with Gasteiger partial charge in [-0.05, 0) is 24.3 Å². The highest BCUT2D eigenvalue weighted by atomic mass is 35.5. The Balaban J connectivity index is 2.45. The average molecular weight is 364 g/mol. The fraction of sp³-hybridized carbons (Fsp3) is 0.0714. The molecule has 0 saturated carbocycles. The highest BCUT2D eigenvalue weighted by molar-refractivity contribution is 6.38. The number of para-hydroxylation sites is 1. The second-order valence-electron chi connectivity index (χ2n) is 4.32. The van der Waals surface area contributed by atoms with Gasteiger partial charge >= 0.3 is 0 Å². The molecule has 3 rings (SSSR count). The van der Waals surface area contributed by atoms with Gasteiger partial charge in [-0.1, -0.05) is 40.9 Å². The molecule has 0 amide bonds. The lowest BCUT2D eigenvalue weighted by molar-refractivity contribution is 0.627.